The van der Waals surface area contributed by atoms with E-state index in [4.69, 9.17) is 25.8 Å². The van der Waals surface area contributed by atoms with Gasteiger partial charge in [-0.15, -0.1) is 13.2 Å². The van der Waals surface area contributed by atoms with E-state index >= 15 is 0 Å². The quantitative estimate of drug-likeness (QED) is 0.388. The minimum absolute atomic E-state index is 0.00725. The van der Waals surface area contributed by atoms with Crippen LogP contribution in [-0.2, 0) is 26.0 Å². The fraction of sp³-hybridized carbons (Fsp3) is 0.455. The number of halogens is 7. The molecule has 2 atom stereocenters. The zero-order valence-electron chi connectivity index (χ0n) is 18.4. The van der Waals surface area contributed by atoms with E-state index in [0.717, 1.165) is 18.3 Å². The number of rotatable bonds is 6. The van der Waals surface area contributed by atoms with Crippen molar-refractivity contribution in [2.75, 3.05) is 33.1 Å². The maximum absolute atomic E-state index is 13.2. The molecule has 2 fully saturated rings. The van der Waals surface area contributed by atoms with Gasteiger partial charge in [-0.3, -0.25) is 14.5 Å². The van der Waals surface area contributed by atoms with E-state index in [9.17, 15) is 31.1 Å². The van der Waals surface area contributed by atoms with Crippen molar-refractivity contribution in [3.63, 3.8) is 0 Å². The Kier molecular flexibility index (Phi) is 7.37. The van der Waals surface area contributed by atoms with Crippen LogP contribution < -0.4 is 4.74 Å². The predicted octanol–water partition coefficient (Wildman–Crippen LogP) is 4.78. The molecule has 0 radical (unpaired) electrons. The van der Waals surface area contributed by atoms with Gasteiger partial charge in [0, 0.05) is 24.7 Å². The number of benzene rings is 1. The Bertz CT molecular complexity index is 1120. The van der Waals surface area contributed by atoms with Gasteiger partial charge in [0.1, 0.15) is 30.9 Å². The lowest BCUT2D eigenvalue weighted by molar-refractivity contribution is -0.325. The number of aromatic nitrogens is 1. The largest absolute Gasteiger partial charge is 0.522 e. The molecule has 2 aliphatic rings. The summed E-state index contributed by atoms with van der Waals surface area (Å²) < 4.78 is 95.8. The molecule has 0 saturated carbocycles. The Morgan fingerprint density at radius 2 is 1.94 bits per heavy atom. The van der Waals surface area contributed by atoms with Crippen LogP contribution in [0.15, 0.2) is 36.5 Å². The summed E-state index contributed by atoms with van der Waals surface area (Å²) in [6.07, 6.45) is -8.88. The summed E-state index contributed by atoms with van der Waals surface area (Å²) in [7, 11) is 0. The van der Waals surface area contributed by atoms with Gasteiger partial charge in [0.25, 0.3) is 5.91 Å². The lowest BCUT2D eigenvalue weighted by Crippen LogP contribution is -2.54. The van der Waals surface area contributed by atoms with Crippen LogP contribution in [0.3, 0.4) is 0 Å². The standard InChI is InChI=1S/C22H19ClF6N2O5/c23-15-9-13(1-2-16(15)33-7-8-35-22(27,28)29)19(32)31-6-4-20(18(11-31)34-12-36-20)17-10-14(3-5-30-17)21(24,25)26/h1-3,5,9-10,18H,4,6-8,11-12H2/t18-,20-/m1/s1. The van der Waals surface area contributed by atoms with Crippen LogP contribution in [0.4, 0.5) is 26.3 Å². The number of alkyl halides is 6. The van der Waals surface area contributed by atoms with Gasteiger partial charge >= 0.3 is 12.5 Å². The lowest BCUT2D eigenvalue weighted by atomic mass is 9.84. The number of pyridine rings is 1. The molecular weight excluding hydrogens is 522 g/mol. The monoisotopic (exact) mass is 540 g/mol. The van der Waals surface area contributed by atoms with E-state index < -0.39 is 48.9 Å². The first-order chi connectivity index (χ1) is 16.9. The highest BCUT2D eigenvalue weighted by atomic mass is 35.5. The number of likely N-dealkylation sites (tertiary alicyclic amines) is 1. The summed E-state index contributed by atoms with van der Waals surface area (Å²) in [6.45, 7) is -1.15. The van der Waals surface area contributed by atoms with Crippen molar-refractivity contribution < 1.29 is 50.1 Å². The topological polar surface area (TPSA) is 70.1 Å². The van der Waals surface area contributed by atoms with Crippen LogP contribution in [-0.4, -0.2) is 61.4 Å². The molecule has 36 heavy (non-hydrogen) atoms. The second-order valence-corrected chi connectivity index (χ2v) is 8.43. The highest BCUT2D eigenvalue weighted by molar-refractivity contribution is 6.32. The molecule has 7 nitrogen and oxygen atoms in total. The molecule has 1 amide bonds. The molecule has 0 aliphatic carbocycles. The van der Waals surface area contributed by atoms with Gasteiger partial charge in [0.2, 0.25) is 0 Å². The summed E-state index contributed by atoms with van der Waals surface area (Å²) in [6, 6.07) is 5.85. The van der Waals surface area contributed by atoms with E-state index in [-0.39, 0.29) is 48.3 Å². The Labute approximate surface area is 205 Å². The number of piperidine rings is 1. The van der Waals surface area contributed by atoms with Crippen molar-refractivity contribution in [3.05, 3.63) is 58.4 Å². The molecule has 0 spiro atoms. The highest BCUT2D eigenvalue weighted by Crippen LogP contribution is 2.43. The number of fused-ring (bicyclic) bond motifs is 1. The summed E-state index contributed by atoms with van der Waals surface area (Å²) >= 11 is 6.12. The van der Waals surface area contributed by atoms with Gasteiger partial charge in [-0.1, -0.05) is 11.6 Å². The molecule has 0 unspecified atom stereocenters. The van der Waals surface area contributed by atoms with Crippen LogP contribution in [0.5, 0.6) is 5.75 Å². The van der Waals surface area contributed by atoms with Gasteiger partial charge in [0.05, 0.1) is 29.4 Å². The van der Waals surface area contributed by atoms with Crippen LogP contribution in [0.25, 0.3) is 0 Å². The van der Waals surface area contributed by atoms with Crippen molar-refractivity contribution in [1.29, 1.82) is 0 Å². The second-order valence-electron chi connectivity index (χ2n) is 8.02. The molecule has 1 aromatic carbocycles. The summed E-state index contributed by atoms with van der Waals surface area (Å²) in [5.41, 5.74) is -1.84. The number of hydrogen-bond acceptors (Lipinski definition) is 6. The summed E-state index contributed by atoms with van der Waals surface area (Å²) in [4.78, 5) is 18.6. The highest BCUT2D eigenvalue weighted by Gasteiger charge is 2.52. The van der Waals surface area contributed by atoms with Crippen molar-refractivity contribution in [1.82, 2.24) is 9.88 Å². The fourth-order valence-corrected chi connectivity index (χ4v) is 4.34. The second kappa shape index (κ2) is 10.0. The summed E-state index contributed by atoms with van der Waals surface area (Å²) in [5, 5.41) is 0.00725. The van der Waals surface area contributed by atoms with Crippen molar-refractivity contribution in [3.8, 4) is 5.75 Å². The zero-order chi connectivity index (χ0) is 26.1. The van der Waals surface area contributed by atoms with Gasteiger partial charge in [0.15, 0.2) is 0 Å². The molecule has 1 aromatic heterocycles. The number of carbonyl (C=O) groups is 1. The molecular formula is C22H19ClF6N2O5. The van der Waals surface area contributed by atoms with Crippen LogP contribution in [0.1, 0.15) is 28.0 Å². The first-order valence-electron chi connectivity index (χ1n) is 10.6. The Morgan fingerprint density at radius 3 is 2.64 bits per heavy atom. The minimum Gasteiger partial charge on any atom is -0.490 e. The minimum atomic E-state index is -4.78. The number of hydrogen-bond donors (Lipinski definition) is 0. The molecule has 2 aliphatic heterocycles. The van der Waals surface area contributed by atoms with Gasteiger partial charge < -0.3 is 19.1 Å². The maximum Gasteiger partial charge on any atom is 0.522 e. The van der Waals surface area contributed by atoms with Crippen LogP contribution in [0, 0.1) is 0 Å². The van der Waals surface area contributed by atoms with Crippen LogP contribution >= 0.6 is 11.6 Å². The van der Waals surface area contributed by atoms with Crippen LogP contribution in [0.2, 0.25) is 5.02 Å². The zero-order valence-corrected chi connectivity index (χ0v) is 19.1. The fourth-order valence-electron chi connectivity index (χ4n) is 4.11. The molecule has 14 heteroatoms. The number of ether oxygens (including phenoxy) is 4. The number of amides is 1. The molecule has 0 N–H and O–H groups in total. The molecule has 2 aromatic rings. The van der Waals surface area contributed by atoms with Crippen molar-refractivity contribution >= 4 is 17.5 Å². The smallest absolute Gasteiger partial charge is 0.490 e. The Morgan fingerprint density at radius 1 is 1.17 bits per heavy atom. The maximum atomic E-state index is 13.2. The Hall–Kier alpha value is -2.61. The third kappa shape index (κ3) is 5.69. The van der Waals surface area contributed by atoms with Gasteiger partial charge in [-0.2, -0.15) is 13.2 Å². The van der Waals surface area contributed by atoms with Crippen molar-refractivity contribution in [2.24, 2.45) is 0 Å². The third-order valence-corrected chi connectivity index (χ3v) is 6.13. The summed E-state index contributed by atoms with van der Waals surface area (Å²) in [5.74, 6) is -0.357. The number of nitrogens with zero attached hydrogens (tertiary/aromatic N) is 2. The average Bonchev–Trinajstić information content (AvgIpc) is 3.25. The molecule has 3 heterocycles. The molecule has 196 valence electrons. The third-order valence-electron chi connectivity index (χ3n) is 5.84. The van der Waals surface area contributed by atoms with E-state index in [1.807, 2.05) is 0 Å². The molecule has 4 rings (SSSR count). The van der Waals surface area contributed by atoms with E-state index in [1.54, 1.807) is 0 Å². The Balaban J connectivity index is 1.43. The van der Waals surface area contributed by atoms with Gasteiger partial charge in [-0.25, -0.2) is 0 Å². The molecule has 2 saturated heterocycles. The van der Waals surface area contributed by atoms with E-state index in [1.165, 1.54) is 23.1 Å². The lowest BCUT2D eigenvalue weighted by Gasteiger charge is -2.41. The van der Waals surface area contributed by atoms with E-state index in [0.29, 0.717) is 0 Å². The normalized spacial score (nSPS) is 22.4. The van der Waals surface area contributed by atoms with Crippen molar-refractivity contribution in [2.45, 2.75) is 30.7 Å². The number of carbonyl (C=O) groups excluding carboxylic acids is 1. The molecule has 0 bridgehead atoms. The first kappa shape index (κ1) is 26.5. The average molecular weight is 541 g/mol. The SMILES string of the molecule is O=C(c1ccc(OCCOC(F)(F)F)c(Cl)c1)N1CC[C@]2(c3cc(C(F)(F)F)ccn3)OCO[C@@H]2C1. The first-order valence-corrected chi connectivity index (χ1v) is 11.0. The predicted molar refractivity (Wildman–Crippen MR) is 111 cm³/mol. The van der Waals surface area contributed by atoms with Gasteiger partial charge in [-0.05, 0) is 30.3 Å². The van der Waals surface area contributed by atoms with E-state index in [2.05, 4.69) is 9.72 Å².